The SMILES string of the molecule is CC1=[C-]C(C)([Si](c2ccccc2)(c2cc(C)cc([Si](C)(C)C)c2)c2cc(C)cc([Si](C)(C)C)c2)C(C)=C1C.[Cl-].[Cl-].[Cl-].[Ti+4]. The average Bonchev–Trinajstić information content (AvgIpc) is 3.01. The van der Waals surface area contributed by atoms with Crippen LogP contribution in [0.25, 0.3) is 0 Å². The molecule has 0 radical (unpaired) electrons. The van der Waals surface area contributed by atoms with Crippen LogP contribution >= 0.6 is 0 Å². The van der Waals surface area contributed by atoms with Crippen LogP contribution in [0, 0.1) is 19.9 Å². The summed E-state index contributed by atoms with van der Waals surface area (Å²) in [5.74, 6) is 0. The predicted octanol–water partition coefficient (Wildman–Crippen LogP) is -2.27. The molecule has 0 N–H and O–H groups in total. The molecule has 1 aliphatic carbocycles. The Bertz CT molecular complexity index is 1390. The zero-order valence-electron chi connectivity index (χ0n) is 27.5. The van der Waals surface area contributed by atoms with Gasteiger partial charge in [0, 0.05) is 0 Å². The molecule has 3 aromatic rings. The van der Waals surface area contributed by atoms with Crippen molar-refractivity contribution in [2.45, 2.75) is 85.9 Å². The molecular weight excluding hydrogens is 659 g/mol. The Morgan fingerprint density at radius 1 is 0.548 bits per heavy atom. The fourth-order valence-corrected chi connectivity index (χ4v) is 15.5. The standard InChI is InChI=1S/C35H47Si3.3ClH.Ti/c1-25-18-31(36(7,8)9)22-33(20-25)38(30-16-14-13-15-17-30,35(6)24-27(3)28(4)29(35)5)34-21-26(2)19-32(23-34)37(10,11)12;;;;/h13-23H,1-12H3;3*1H;/q-1;;;;+4/p-3. The molecule has 1 aliphatic rings. The van der Waals surface area contributed by atoms with Gasteiger partial charge in [-0.15, -0.1) is 6.92 Å². The van der Waals surface area contributed by atoms with Crippen LogP contribution in [0.4, 0.5) is 0 Å². The first kappa shape index (κ1) is 41.4. The van der Waals surface area contributed by atoms with Gasteiger partial charge in [-0.1, -0.05) is 153 Å². The van der Waals surface area contributed by atoms with E-state index in [9.17, 15) is 0 Å². The van der Waals surface area contributed by atoms with Gasteiger partial charge in [-0.2, -0.15) is 11.1 Å². The zero-order valence-corrected chi connectivity index (χ0v) is 34.3. The number of aryl methyl sites for hydroxylation is 2. The topological polar surface area (TPSA) is 0 Å². The van der Waals surface area contributed by atoms with Crippen molar-refractivity contribution in [1.82, 2.24) is 0 Å². The number of hydrogen-bond donors (Lipinski definition) is 0. The number of benzene rings is 3. The van der Waals surface area contributed by atoms with E-state index in [0.717, 1.165) is 0 Å². The second-order valence-corrected chi connectivity index (χ2v) is 28.3. The summed E-state index contributed by atoms with van der Waals surface area (Å²) in [5, 5.41) is 7.46. The van der Waals surface area contributed by atoms with Crippen LogP contribution in [0.2, 0.25) is 44.3 Å². The minimum absolute atomic E-state index is 0. The molecule has 1 atom stereocenters. The molecule has 0 saturated heterocycles. The maximum Gasteiger partial charge on any atom is 4.00 e. The maximum absolute atomic E-state index is 4.15. The van der Waals surface area contributed by atoms with Crippen LogP contribution < -0.4 is 63.2 Å². The molecule has 0 nitrogen and oxygen atoms in total. The van der Waals surface area contributed by atoms with Crippen LogP contribution in [0.3, 0.4) is 0 Å². The van der Waals surface area contributed by atoms with Crippen LogP contribution in [-0.4, -0.2) is 24.2 Å². The van der Waals surface area contributed by atoms with Gasteiger partial charge in [-0.25, -0.2) is 5.57 Å². The summed E-state index contributed by atoms with van der Waals surface area (Å²) in [5.41, 5.74) is 6.97. The summed E-state index contributed by atoms with van der Waals surface area (Å²) < 4.78 is 0. The average molecular weight is 706 g/mol. The Hall–Kier alpha value is -0.625. The summed E-state index contributed by atoms with van der Waals surface area (Å²) in [4.78, 5) is 0. The van der Waals surface area contributed by atoms with Crippen LogP contribution in [0.15, 0.2) is 83.4 Å². The van der Waals surface area contributed by atoms with Crippen molar-refractivity contribution in [1.29, 1.82) is 0 Å². The molecule has 224 valence electrons. The molecule has 0 spiro atoms. The smallest absolute Gasteiger partial charge is 1.00 e. The Kier molecular flexibility index (Phi) is 14.4. The molecule has 4 rings (SSSR count). The predicted molar refractivity (Wildman–Crippen MR) is 179 cm³/mol. The molecule has 0 fully saturated rings. The summed E-state index contributed by atoms with van der Waals surface area (Å²) >= 11 is 0. The van der Waals surface area contributed by atoms with E-state index in [1.807, 2.05) is 0 Å². The van der Waals surface area contributed by atoms with Gasteiger partial charge in [0.1, 0.15) is 8.07 Å². The molecular formula is C35H47Cl3Si3Ti. The van der Waals surface area contributed by atoms with Gasteiger partial charge in [0.05, 0.1) is 16.1 Å². The number of allylic oxidation sites excluding steroid dienone is 4. The Morgan fingerprint density at radius 2 is 0.929 bits per heavy atom. The van der Waals surface area contributed by atoms with Crippen LogP contribution in [0.5, 0.6) is 0 Å². The van der Waals surface area contributed by atoms with E-state index >= 15 is 0 Å². The number of hydrogen-bond acceptors (Lipinski definition) is 0. The third-order valence-electron chi connectivity index (χ3n) is 9.02. The first-order valence-corrected chi connectivity index (χ1v) is 23.1. The third-order valence-corrected chi connectivity index (χ3v) is 18.6. The van der Waals surface area contributed by atoms with E-state index in [2.05, 4.69) is 154 Å². The Morgan fingerprint density at radius 3 is 1.26 bits per heavy atom. The third kappa shape index (κ3) is 7.26. The molecule has 0 heterocycles. The van der Waals surface area contributed by atoms with E-state index in [0.29, 0.717) is 0 Å². The monoisotopic (exact) mass is 704 g/mol. The Labute approximate surface area is 293 Å². The molecule has 0 aromatic heterocycles. The van der Waals surface area contributed by atoms with E-state index in [-0.39, 0.29) is 64.0 Å². The molecule has 7 heteroatoms. The number of halogens is 3. The van der Waals surface area contributed by atoms with Gasteiger partial charge in [0.25, 0.3) is 0 Å². The quantitative estimate of drug-likeness (QED) is 0.155. The molecule has 0 saturated carbocycles. The summed E-state index contributed by atoms with van der Waals surface area (Å²) in [6, 6.07) is 26.7. The van der Waals surface area contributed by atoms with E-state index in [1.165, 1.54) is 43.4 Å². The van der Waals surface area contributed by atoms with Crippen molar-refractivity contribution in [3.63, 3.8) is 0 Å². The van der Waals surface area contributed by atoms with E-state index < -0.39 is 24.2 Å². The number of rotatable bonds is 6. The Balaban J connectivity index is 0.00000420. The molecule has 0 aliphatic heterocycles. The van der Waals surface area contributed by atoms with Gasteiger partial charge < -0.3 is 37.2 Å². The van der Waals surface area contributed by atoms with Gasteiger partial charge in [-0.05, 0) is 29.4 Å². The maximum atomic E-state index is 4.15. The van der Waals surface area contributed by atoms with Crippen LogP contribution in [0.1, 0.15) is 38.8 Å². The van der Waals surface area contributed by atoms with Gasteiger partial charge >= 0.3 is 21.7 Å². The van der Waals surface area contributed by atoms with Gasteiger partial charge in [-0.3, -0.25) is 6.08 Å². The largest absolute Gasteiger partial charge is 4.00 e. The normalized spacial score (nSPS) is 16.9. The van der Waals surface area contributed by atoms with Gasteiger partial charge in [0.15, 0.2) is 0 Å². The molecule has 0 amide bonds. The minimum atomic E-state index is -2.69. The van der Waals surface area contributed by atoms with Crippen molar-refractivity contribution in [2.75, 3.05) is 0 Å². The minimum Gasteiger partial charge on any atom is -1.00 e. The fourth-order valence-electron chi connectivity index (χ4n) is 6.51. The molecule has 0 bridgehead atoms. The first-order chi connectivity index (χ1) is 17.5. The summed E-state index contributed by atoms with van der Waals surface area (Å²) in [7, 11) is -5.78. The fraction of sp³-hybridized carbons (Fsp3) is 0.371. The van der Waals surface area contributed by atoms with Gasteiger partial charge in [0.2, 0.25) is 0 Å². The second kappa shape index (κ2) is 14.6. The summed E-state index contributed by atoms with van der Waals surface area (Å²) in [6.07, 6.45) is 4.15. The molecule has 42 heavy (non-hydrogen) atoms. The van der Waals surface area contributed by atoms with Crippen molar-refractivity contribution >= 4 is 50.2 Å². The van der Waals surface area contributed by atoms with Crippen molar-refractivity contribution < 1.29 is 58.9 Å². The molecule has 1 unspecified atom stereocenters. The second-order valence-electron chi connectivity index (χ2n) is 13.9. The van der Waals surface area contributed by atoms with Crippen LogP contribution in [-0.2, 0) is 21.7 Å². The van der Waals surface area contributed by atoms with Crippen molar-refractivity contribution in [2.24, 2.45) is 0 Å². The zero-order chi connectivity index (χ0) is 28.3. The first-order valence-electron chi connectivity index (χ1n) is 14.1. The van der Waals surface area contributed by atoms with E-state index in [4.69, 9.17) is 0 Å². The van der Waals surface area contributed by atoms with E-state index in [1.54, 1.807) is 10.4 Å². The van der Waals surface area contributed by atoms with Crippen molar-refractivity contribution in [3.05, 3.63) is 101 Å². The van der Waals surface area contributed by atoms with Crippen molar-refractivity contribution in [3.8, 4) is 0 Å². The molecule has 3 aromatic carbocycles. The summed E-state index contributed by atoms with van der Waals surface area (Å²) in [6.45, 7) is 29.0.